The van der Waals surface area contributed by atoms with Gasteiger partial charge < -0.3 is 0 Å². The summed E-state index contributed by atoms with van der Waals surface area (Å²) in [6, 6.07) is 10.5. The van der Waals surface area contributed by atoms with Gasteiger partial charge in [0.25, 0.3) is 0 Å². The first kappa shape index (κ1) is 15.0. The van der Waals surface area contributed by atoms with E-state index in [2.05, 4.69) is 58.5 Å². The Balaban J connectivity index is 1.74. The summed E-state index contributed by atoms with van der Waals surface area (Å²) in [5, 5.41) is 0. The Bertz CT molecular complexity index is 716. The second-order valence-electron chi connectivity index (χ2n) is 6.90. The average molecular weight is 292 g/mol. The topological polar surface area (TPSA) is 25.8 Å². The van der Waals surface area contributed by atoms with Crippen molar-refractivity contribution >= 4 is 0 Å². The Morgan fingerprint density at radius 1 is 1.14 bits per heavy atom. The molecule has 3 rings (SSSR count). The van der Waals surface area contributed by atoms with Gasteiger partial charge in [-0.1, -0.05) is 56.3 Å². The first-order valence-corrected chi connectivity index (χ1v) is 8.02. The van der Waals surface area contributed by atoms with Crippen molar-refractivity contribution in [3.8, 4) is 0 Å². The molecule has 0 aliphatic heterocycles. The molecular weight excluding hydrogens is 268 g/mol. The minimum absolute atomic E-state index is 0.135. The molecule has 0 fully saturated rings. The van der Waals surface area contributed by atoms with E-state index in [9.17, 15) is 0 Å². The monoisotopic (exact) mass is 292 g/mol. The Labute approximate surface area is 133 Å². The number of aryl methyl sites for hydroxylation is 1. The number of benzene rings is 1. The summed E-state index contributed by atoms with van der Waals surface area (Å²) in [6.45, 7) is 13.1. The predicted molar refractivity (Wildman–Crippen MR) is 91.1 cm³/mol. The molecule has 0 radical (unpaired) electrons. The van der Waals surface area contributed by atoms with Crippen LogP contribution in [0.25, 0.3) is 0 Å². The van der Waals surface area contributed by atoms with E-state index in [1.807, 2.05) is 6.07 Å². The molecule has 1 aromatic carbocycles. The van der Waals surface area contributed by atoms with Crippen molar-refractivity contribution in [1.29, 1.82) is 0 Å². The largest absolute Gasteiger partial charge is 0.238 e. The lowest BCUT2D eigenvalue weighted by Gasteiger charge is -2.12. The van der Waals surface area contributed by atoms with E-state index in [-0.39, 0.29) is 5.41 Å². The highest BCUT2D eigenvalue weighted by atomic mass is 15.0. The number of aromatic nitrogens is 2. The van der Waals surface area contributed by atoms with Gasteiger partial charge in [-0.15, -0.1) is 0 Å². The van der Waals surface area contributed by atoms with E-state index >= 15 is 0 Å². The highest BCUT2D eigenvalue weighted by Gasteiger charge is 2.52. The summed E-state index contributed by atoms with van der Waals surface area (Å²) in [5.41, 5.74) is 6.34. The van der Waals surface area contributed by atoms with Crippen LogP contribution < -0.4 is 0 Å². The predicted octanol–water partition coefficient (Wildman–Crippen LogP) is 4.40. The van der Waals surface area contributed by atoms with E-state index in [0.717, 1.165) is 29.9 Å². The first-order chi connectivity index (χ1) is 10.4. The fourth-order valence-corrected chi connectivity index (χ4v) is 3.31. The van der Waals surface area contributed by atoms with Crippen LogP contribution in [0.2, 0.25) is 0 Å². The summed E-state index contributed by atoms with van der Waals surface area (Å²) in [4.78, 5) is 9.52. The van der Waals surface area contributed by atoms with Crippen LogP contribution in [0.5, 0.6) is 0 Å². The van der Waals surface area contributed by atoms with E-state index in [1.165, 1.54) is 16.8 Å². The fraction of sp³-hybridized carbons (Fsp3) is 0.400. The van der Waals surface area contributed by atoms with Gasteiger partial charge in [0.05, 0.1) is 5.69 Å². The number of fused-ring (bicyclic) bond motifs is 1. The number of allylic oxidation sites excluding steroid dienone is 1. The van der Waals surface area contributed by atoms with Gasteiger partial charge in [-0.3, -0.25) is 0 Å². The van der Waals surface area contributed by atoms with Gasteiger partial charge in [-0.2, -0.15) is 0 Å². The normalized spacial score (nSPS) is 19.1. The van der Waals surface area contributed by atoms with E-state index in [0.29, 0.717) is 5.92 Å². The summed E-state index contributed by atoms with van der Waals surface area (Å²) >= 11 is 0. The third-order valence-electron chi connectivity index (χ3n) is 4.94. The number of hydrogen-bond donors (Lipinski definition) is 0. The second-order valence-corrected chi connectivity index (χ2v) is 6.90. The average Bonchev–Trinajstić information content (AvgIpc) is 3.07. The van der Waals surface area contributed by atoms with Gasteiger partial charge in [-0.05, 0) is 31.7 Å². The van der Waals surface area contributed by atoms with Gasteiger partial charge in [0.1, 0.15) is 5.82 Å². The molecule has 0 saturated heterocycles. The van der Waals surface area contributed by atoms with Crippen molar-refractivity contribution in [2.45, 2.75) is 46.0 Å². The lowest BCUT2D eigenvalue weighted by molar-refractivity contribution is 0.477. The van der Waals surface area contributed by atoms with Crippen LogP contribution >= 0.6 is 0 Å². The lowest BCUT2D eigenvalue weighted by atomic mass is 9.90. The van der Waals surface area contributed by atoms with E-state index < -0.39 is 0 Å². The number of nitrogens with zero attached hydrogens (tertiary/aromatic N) is 2. The Kier molecular flexibility index (Phi) is 3.64. The molecule has 0 spiro atoms. The lowest BCUT2D eigenvalue weighted by Crippen LogP contribution is -2.11. The van der Waals surface area contributed by atoms with Gasteiger partial charge in [0.2, 0.25) is 0 Å². The van der Waals surface area contributed by atoms with Crippen LogP contribution in [0, 0.1) is 12.8 Å². The van der Waals surface area contributed by atoms with Crippen LogP contribution in [-0.2, 0) is 18.3 Å². The van der Waals surface area contributed by atoms with E-state index in [1.54, 1.807) is 0 Å². The Morgan fingerprint density at radius 3 is 2.45 bits per heavy atom. The molecule has 1 heterocycles. The Hall–Kier alpha value is -1.96. The maximum Gasteiger partial charge on any atom is 0.132 e. The quantitative estimate of drug-likeness (QED) is 0.763. The molecular formula is C20H24N2. The maximum atomic E-state index is 4.81. The minimum Gasteiger partial charge on any atom is -0.238 e. The molecule has 1 atom stereocenters. The molecule has 2 aromatic rings. The first-order valence-electron chi connectivity index (χ1n) is 8.02. The van der Waals surface area contributed by atoms with Crippen molar-refractivity contribution in [1.82, 2.24) is 9.97 Å². The SMILES string of the molecule is C=C(Cc1ccccc1)Cc1nc(C)c2c(n1)C2(C)C(C)C. The molecule has 1 aromatic heterocycles. The maximum absolute atomic E-state index is 4.81. The molecule has 22 heavy (non-hydrogen) atoms. The molecule has 2 heteroatoms. The van der Waals surface area contributed by atoms with Crippen LogP contribution in [0.1, 0.15) is 49.1 Å². The van der Waals surface area contributed by atoms with Gasteiger partial charge in [0, 0.05) is 23.1 Å². The van der Waals surface area contributed by atoms with E-state index in [4.69, 9.17) is 9.97 Å². The molecule has 114 valence electrons. The number of rotatable bonds is 5. The standard InChI is InChI=1S/C20H24N2/c1-13(2)20(5)18-15(4)21-17(22-19(18)20)12-14(3)11-16-9-7-6-8-10-16/h6-10,13H,3,11-12H2,1-2,4-5H3. The van der Waals surface area contributed by atoms with Crippen LogP contribution in [-0.4, -0.2) is 9.97 Å². The molecule has 2 nitrogen and oxygen atoms in total. The van der Waals surface area contributed by atoms with Crippen molar-refractivity contribution in [2.24, 2.45) is 5.92 Å². The smallest absolute Gasteiger partial charge is 0.132 e. The molecule has 0 amide bonds. The van der Waals surface area contributed by atoms with Crippen LogP contribution in [0.3, 0.4) is 0 Å². The third-order valence-corrected chi connectivity index (χ3v) is 4.94. The zero-order chi connectivity index (χ0) is 15.9. The fourth-order valence-electron chi connectivity index (χ4n) is 3.31. The molecule has 1 unspecified atom stereocenters. The zero-order valence-electron chi connectivity index (χ0n) is 14.0. The van der Waals surface area contributed by atoms with Gasteiger partial charge in [0.15, 0.2) is 0 Å². The van der Waals surface area contributed by atoms with Gasteiger partial charge >= 0.3 is 0 Å². The van der Waals surface area contributed by atoms with Crippen molar-refractivity contribution in [2.75, 3.05) is 0 Å². The van der Waals surface area contributed by atoms with Crippen LogP contribution in [0.15, 0.2) is 42.5 Å². The second kappa shape index (κ2) is 5.35. The Morgan fingerprint density at radius 2 is 1.82 bits per heavy atom. The number of hydrogen-bond acceptors (Lipinski definition) is 2. The zero-order valence-corrected chi connectivity index (χ0v) is 14.0. The molecule has 1 aliphatic rings. The highest BCUT2D eigenvalue weighted by Crippen LogP contribution is 2.54. The summed E-state index contributed by atoms with van der Waals surface area (Å²) in [7, 11) is 0. The van der Waals surface area contributed by atoms with Gasteiger partial charge in [-0.25, -0.2) is 9.97 Å². The molecule has 1 aliphatic carbocycles. The molecule has 0 saturated carbocycles. The van der Waals surface area contributed by atoms with Crippen molar-refractivity contribution in [3.05, 3.63) is 70.8 Å². The minimum atomic E-state index is 0.135. The van der Waals surface area contributed by atoms with Crippen molar-refractivity contribution in [3.63, 3.8) is 0 Å². The summed E-state index contributed by atoms with van der Waals surface area (Å²) in [5.74, 6) is 1.49. The molecule has 0 N–H and O–H groups in total. The summed E-state index contributed by atoms with van der Waals surface area (Å²) in [6.07, 6.45) is 1.65. The van der Waals surface area contributed by atoms with Crippen LogP contribution in [0.4, 0.5) is 0 Å². The summed E-state index contributed by atoms with van der Waals surface area (Å²) < 4.78 is 0. The third kappa shape index (κ3) is 2.47. The highest BCUT2D eigenvalue weighted by molar-refractivity contribution is 5.57. The molecule has 0 bridgehead atoms. The van der Waals surface area contributed by atoms with Crippen molar-refractivity contribution < 1.29 is 0 Å².